The number of benzene rings is 1. The Balaban J connectivity index is 1.44. The van der Waals surface area contributed by atoms with Crippen molar-refractivity contribution in [2.45, 2.75) is 87.6 Å². The first-order chi connectivity index (χ1) is 17.9. The first kappa shape index (κ1) is 26.3. The Kier molecular flexibility index (Phi) is 8.26. The third kappa shape index (κ3) is 6.23. The van der Waals surface area contributed by atoms with E-state index in [1.54, 1.807) is 16.8 Å². The highest BCUT2D eigenvalue weighted by Crippen LogP contribution is 2.29. The van der Waals surface area contributed by atoms with E-state index in [4.69, 9.17) is 9.47 Å². The summed E-state index contributed by atoms with van der Waals surface area (Å²) >= 11 is 0. The molecule has 202 valence electrons. The standard InChI is InChI=1S/C27H36FN3O5S/c28-25-12-4-3-9-21(25)19-37(33,34)27-29-15-22(31(27)18-24-11-6-14-36-24)16-30(17-23-10-5-13-35-23)26(32)20-7-1-2-8-20/h3-4,9,12,15,20,23-24H,1-2,5-8,10-11,13-14,16-19H2/t23-,24-/m1/s1. The molecular weight excluding hydrogens is 497 g/mol. The molecule has 0 bridgehead atoms. The maximum absolute atomic E-state index is 14.3. The average Bonchev–Trinajstić information content (AvgIpc) is 3.69. The van der Waals surface area contributed by atoms with Gasteiger partial charge in [0.1, 0.15) is 5.82 Å². The minimum atomic E-state index is -3.95. The largest absolute Gasteiger partial charge is 0.376 e. The van der Waals surface area contributed by atoms with Gasteiger partial charge in [0.2, 0.25) is 20.9 Å². The van der Waals surface area contributed by atoms with Crippen LogP contribution in [0.1, 0.15) is 62.6 Å². The van der Waals surface area contributed by atoms with Gasteiger partial charge in [-0.1, -0.05) is 31.0 Å². The van der Waals surface area contributed by atoms with Gasteiger partial charge >= 0.3 is 0 Å². The summed E-state index contributed by atoms with van der Waals surface area (Å²) in [6, 6.07) is 5.89. The van der Waals surface area contributed by atoms with Crippen molar-refractivity contribution in [3.8, 4) is 0 Å². The van der Waals surface area contributed by atoms with E-state index in [2.05, 4.69) is 4.98 Å². The van der Waals surface area contributed by atoms with Gasteiger partial charge in [-0.05, 0) is 44.6 Å². The number of nitrogens with zero attached hydrogens (tertiary/aromatic N) is 3. The maximum atomic E-state index is 14.3. The summed E-state index contributed by atoms with van der Waals surface area (Å²) in [7, 11) is -3.95. The predicted octanol–water partition coefficient (Wildman–Crippen LogP) is 3.87. The van der Waals surface area contributed by atoms with Gasteiger partial charge in [0.15, 0.2) is 0 Å². The van der Waals surface area contributed by atoms with Gasteiger partial charge < -0.3 is 18.9 Å². The fraction of sp³-hybridized carbons (Fsp3) is 0.630. The second-order valence-electron chi connectivity index (χ2n) is 10.5. The molecule has 2 aliphatic heterocycles. The third-order valence-corrected chi connectivity index (χ3v) is 9.28. The monoisotopic (exact) mass is 533 g/mol. The van der Waals surface area contributed by atoms with Crippen LogP contribution in [0.2, 0.25) is 0 Å². The molecule has 3 aliphatic rings. The molecule has 1 amide bonds. The van der Waals surface area contributed by atoms with E-state index >= 15 is 0 Å². The fourth-order valence-electron chi connectivity index (χ4n) is 5.73. The van der Waals surface area contributed by atoms with E-state index < -0.39 is 21.4 Å². The van der Waals surface area contributed by atoms with Gasteiger partial charge in [-0.25, -0.2) is 17.8 Å². The van der Waals surface area contributed by atoms with E-state index in [9.17, 15) is 17.6 Å². The number of carbonyl (C=O) groups is 1. The van der Waals surface area contributed by atoms with Crippen molar-refractivity contribution in [1.82, 2.24) is 14.5 Å². The molecule has 0 spiro atoms. The first-order valence-corrected chi connectivity index (χ1v) is 15.1. The first-order valence-electron chi connectivity index (χ1n) is 13.4. The second kappa shape index (κ2) is 11.6. The van der Waals surface area contributed by atoms with E-state index in [0.717, 1.165) is 51.4 Å². The lowest BCUT2D eigenvalue weighted by atomic mass is 10.1. The van der Waals surface area contributed by atoms with Crippen LogP contribution < -0.4 is 0 Å². The van der Waals surface area contributed by atoms with Gasteiger partial charge in [0.25, 0.3) is 0 Å². The highest BCUT2D eigenvalue weighted by molar-refractivity contribution is 7.90. The zero-order chi connectivity index (χ0) is 25.8. The molecule has 3 fully saturated rings. The Hall–Kier alpha value is -2.30. The lowest BCUT2D eigenvalue weighted by molar-refractivity contribution is -0.137. The summed E-state index contributed by atoms with van der Waals surface area (Å²) in [4.78, 5) is 19.7. The minimum absolute atomic E-state index is 0.000184. The normalized spacial score (nSPS) is 22.6. The van der Waals surface area contributed by atoms with E-state index in [-0.39, 0.29) is 41.3 Å². The number of hydrogen-bond donors (Lipinski definition) is 0. The van der Waals surface area contributed by atoms with E-state index in [1.807, 2.05) is 4.90 Å². The Labute approximate surface area is 218 Å². The lowest BCUT2D eigenvalue weighted by Crippen LogP contribution is -2.40. The van der Waals surface area contributed by atoms with Gasteiger partial charge in [-0.2, -0.15) is 0 Å². The third-order valence-electron chi connectivity index (χ3n) is 7.71. The quantitative estimate of drug-likeness (QED) is 0.461. The van der Waals surface area contributed by atoms with Crippen molar-refractivity contribution in [1.29, 1.82) is 0 Å². The van der Waals surface area contributed by atoms with Crippen LogP contribution in [0, 0.1) is 11.7 Å². The Morgan fingerprint density at radius 2 is 1.73 bits per heavy atom. The van der Waals surface area contributed by atoms with E-state index in [0.29, 0.717) is 32.0 Å². The minimum Gasteiger partial charge on any atom is -0.376 e. The van der Waals surface area contributed by atoms with Crippen LogP contribution in [-0.4, -0.2) is 60.7 Å². The zero-order valence-electron chi connectivity index (χ0n) is 21.2. The molecule has 37 heavy (non-hydrogen) atoms. The average molecular weight is 534 g/mol. The second-order valence-corrected chi connectivity index (χ2v) is 12.3. The van der Waals surface area contributed by atoms with Crippen LogP contribution in [0.5, 0.6) is 0 Å². The van der Waals surface area contributed by atoms with Crippen molar-refractivity contribution < 1.29 is 27.1 Å². The summed E-state index contributed by atoms with van der Waals surface area (Å²) in [5.74, 6) is -0.940. The summed E-state index contributed by atoms with van der Waals surface area (Å²) in [6.45, 7) is 2.40. The molecule has 1 aromatic carbocycles. The highest BCUT2D eigenvalue weighted by Gasteiger charge is 2.33. The number of amides is 1. The molecule has 10 heteroatoms. The molecule has 2 aromatic rings. The van der Waals surface area contributed by atoms with Crippen LogP contribution in [0.3, 0.4) is 0 Å². The van der Waals surface area contributed by atoms with Crippen molar-refractivity contribution in [3.63, 3.8) is 0 Å². The molecule has 0 unspecified atom stereocenters. The number of sulfone groups is 1. The molecule has 1 saturated carbocycles. The Morgan fingerprint density at radius 1 is 1.03 bits per heavy atom. The smallest absolute Gasteiger partial charge is 0.228 e. The lowest BCUT2D eigenvalue weighted by Gasteiger charge is -2.28. The van der Waals surface area contributed by atoms with E-state index in [1.165, 1.54) is 18.2 Å². The molecule has 8 nitrogen and oxygen atoms in total. The van der Waals surface area contributed by atoms with Gasteiger partial charge in [0.05, 0.1) is 42.9 Å². The van der Waals surface area contributed by atoms with Crippen LogP contribution in [0.15, 0.2) is 35.6 Å². The number of imidazole rings is 1. The maximum Gasteiger partial charge on any atom is 0.228 e. The molecular formula is C27H36FN3O5S. The number of halogens is 1. The van der Waals surface area contributed by atoms with Crippen molar-refractivity contribution >= 4 is 15.7 Å². The van der Waals surface area contributed by atoms with Crippen LogP contribution in [0.4, 0.5) is 4.39 Å². The molecule has 1 aliphatic carbocycles. The SMILES string of the molecule is O=C(C1CCCC1)N(Cc1cnc(S(=O)(=O)Cc2ccccc2F)n1C[C@H]1CCCO1)C[C@H]1CCCO1. The molecule has 2 atom stereocenters. The molecule has 0 radical (unpaired) electrons. The molecule has 0 N–H and O–H groups in total. The number of ether oxygens (including phenoxy) is 2. The number of carbonyl (C=O) groups excluding carboxylic acids is 1. The zero-order valence-corrected chi connectivity index (χ0v) is 22.0. The summed E-state index contributed by atoms with van der Waals surface area (Å²) in [5.41, 5.74) is 0.749. The Bertz CT molecular complexity index is 1180. The summed E-state index contributed by atoms with van der Waals surface area (Å²) < 4.78 is 54.6. The topological polar surface area (TPSA) is 90.7 Å². The van der Waals surface area contributed by atoms with Gasteiger partial charge in [-0.3, -0.25) is 4.79 Å². The number of rotatable bonds is 10. The number of aromatic nitrogens is 2. The van der Waals surface area contributed by atoms with Crippen molar-refractivity contribution in [2.75, 3.05) is 19.8 Å². The molecule has 2 saturated heterocycles. The molecule has 3 heterocycles. The molecule has 1 aromatic heterocycles. The van der Waals surface area contributed by atoms with Crippen LogP contribution in [-0.2, 0) is 42.9 Å². The van der Waals surface area contributed by atoms with Crippen molar-refractivity contribution in [3.05, 3.63) is 47.5 Å². The van der Waals surface area contributed by atoms with Crippen molar-refractivity contribution in [2.24, 2.45) is 5.92 Å². The summed E-state index contributed by atoms with van der Waals surface area (Å²) in [5, 5.41) is -0.105. The van der Waals surface area contributed by atoms with Crippen LogP contribution in [0.25, 0.3) is 0 Å². The Morgan fingerprint density at radius 3 is 2.41 bits per heavy atom. The number of hydrogen-bond acceptors (Lipinski definition) is 6. The highest BCUT2D eigenvalue weighted by atomic mass is 32.2. The van der Waals surface area contributed by atoms with Gasteiger partial charge in [-0.15, -0.1) is 0 Å². The molecule has 5 rings (SSSR count). The van der Waals surface area contributed by atoms with Crippen LogP contribution >= 0.6 is 0 Å². The van der Waals surface area contributed by atoms with Gasteiger partial charge in [0, 0.05) is 31.2 Å². The predicted molar refractivity (Wildman–Crippen MR) is 135 cm³/mol. The summed E-state index contributed by atoms with van der Waals surface area (Å²) in [6.07, 6.45) is 8.92. The fourth-order valence-corrected chi connectivity index (χ4v) is 7.24.